The molecule has 1 aliphatic rings. The molecule has 1 saturated heterocycles. The first-order valence-electron chi connectivity index (χ1n) is 6.63. The molecule has 7 heteroatoms. The minimum Gasteiger partial charge on any atom is -0.481 e. The summed E-state index contributed by atoms with van der Waals surface area (Å²) >= 11 is 1.38. The molecule has 2 rings (SSSR count). The Bertz CT molecular complexity index is 575. The van der Waals surface area contributed by atoms with E-state index in [0.29, 0.717) is 4.88 Å². The number of carbonyl (C=O) groups is 3. The van der Waals surface area contributed by atoms with Crippen LogP contribution in [0.5, 0.6) is 0 Å². The van der Waals surface area contributed by atoms with Crippen molar-refractivity contribution in [2.75, 3.05) is 13.1 Å². The number of nitrogens with zero attached hydrogens (tertiary/aromatic N) is 1. The molecular weight excluding hydrogens is 294 g/mol. The largest absolute Gasteiger partial charge is 0.481 e. The third-order valence-electron chi connectivity index (χ3n) is 3.91. The van der Waals surface area contributed by atoms with Gasteiger partial charge in [-0.05, 0) is 31.9 Å². The molecule has 1 aromatic rings. The van der Waals surface area contributed by atoms with Gasteiger partial charge in [-0.3, -0.25) is 14.4 Å². The molecule has 114 valence electrons. The van der Waals surface area contributed by atoms with Crippen LogP contribution in [-0.4, -0.2) is 46.0 Å². The summed E-state index contributed by atoms with van der Waals surface area (Å²) < 4.78 is 0. The van der Waals surface area contributed by atoms with Crippen LogP contribution in [0, 0.1) is 25.7 Å². The average Bonchev–Trinajstić information content (AvgIpc) is 2.77. The molecule has 1 fully saturated rings. The minimum atomic E-state index is -1.17. The molecule has 0 aliphatic carbocycles. The topological polar surface area (TPSA) is 94.9 Å². The number of aliphatic carboxylic acids is 2. The van der Waals surface area contributed by atoms with Crippen molar-refractivity contribution >= 4 is 29.2 Å². The molecule has 0 bridgehead atoms. The SMILES string of the molecule is Cc1cc(C(=O)N2CCC(C(=O)O)C(C(=O)O)C2)sc1C. The van der Waals surface area contributed by atoms with Crippen LogP contribution in [-0.2, 0) is 9.59 Å². The van der Waals surface area contributed by atoms with Gasteiger partial charge in [-0.15, -0.1) is 11.3 Å². The highest BCUT2D eigenvalue weighted by atomic mass is 32.1. The van der Waals surface area contributed by atoms with Crippen LogP contribution in [0.1, 0.15) is 26.5 Å². The average molecular weight is 311 g/mol. The Morgan fingerprint density at radius 2 is 1.81 bits per heavy atom. The number of hydrogen-bond acceptors (Lipinski definition) is 4. The molecule has 0 aromatic carbocycles. The van der Waals surface area contributed by atoms with Crippen LogP contribution in [0.3, 0.4) is 0 Å². The third kappa shape index (κ3) is 3.07. The zero-order valence-electron chi connectivity index (χ0n) is 11.8. The van der Waals surface area contributed by atoms with E-state index in [9.17, 15) is 19.5 Å². The number of piperidine rings is 1. The van der Waals surface area contributed by atoms with Crippen molar-refractivity contribution < 1.29 is 24.6 Å². The number of rotatable bonds is 3. The van der Waals surface area contributed by atoms with Crippen LogP contribution >= 0.6 is 11.3 Å². The summed E-state index contributed by atoms with van der Waals surface area (Å²) in [6.07, 6.45) is 0.168. The maximum absolute atomic E-state index is 12.4. The molecule has 1 aromatic heterocycles. The van der Waals surface area contributed by atoms with E-state index in [1.807, 2.05) is 13.8 Å². The highest BCUT2D eigenvalue weighted by Crippen LogP contribution is 2.28. The molecular formula is C14H17NO5S. The summed E-state index contributed by atoms with van der Waals surface area (Å²) in [6, 6.07) is 1.79. The summed E-state index contributed by atoms with van der Waals surface area (Å²) in [5.74, 6) is -4.48. The van der Waals surface area contributed by atoms with Gasteiger partial charge in [0.05, 0.1) is 16.7 Å². The van der Waals surface area contributed by atoms with Gasteiger partial charge in [0.2, 0.25) is 0 Å². The van der Waals surface area contributed by atoms with Gasteiger partial charge < -0.3 is 15.1 Å². The van der Waals surface area contributed by atoms with E-state index in [4.69, 9.17) is 5.11 Å². The van der Waals surface area contributed by atoms with E-state index in [1.165, 1.54) is 16.2 Å². The van der Waals surface area contributed by atoms with Gasteiger partial charge in [-0.1, -0.05) is 0 Å². The van der Waals surface area contributed by atoms with Gasteiger partial charge in [-0.25, -0.2) is 0 Å². The summed E-state index contributed by atoms with van der Waals surface area (Å²) in [4.78, 5) is 37.8. The van der Waals surface area contributed by atoms with E-state index in [2.05, 4.69) is 0 Å². The molecule has 21 heavy (non-hydrogen) atoms. The fraction of sp³-hybridized carbons (Fsp3) is 0.500. The number of likely N-dealkylation sites (tertiary alicyclic amines) is 1. The Hall–Kier alpha value is -1.89. The van der Waals surface area contributed by atoms with E-state index < -0.39 is 23.8 Å². The number of aryl methyl sites for hydroxylation is 2. The van der Waals surface area contributed by atoms with Gasteiger partial charge >= 0.3 is 11.9 Å². The second-order valence-corrected chi connectivity index (χ2v) is 6.54. The van der Waals surface area contributed by atoms with Crippen LogP contribution in [0.4, 0.5) is 0 Å². The second kappa shape index (κ2) is 5.85. The molecule has 0 saturated carbocycles. The van der Waals surface area contributed by atoms with E-state index in [1.54, 1.807) is 6.07 Å². The van der Waals surface area contributed by atoms with Crippen LogP contribution in [0.2, 0.25) is 0 Å². The highest BCUT2D eigenvalue weighted by molar-refractivity contribution is 7.14. The van der Waals surface area contributed by atoms with Crippen LogP contribution in [0.25, 0.3) is 0 Å². The molecule has 0 spiro atoms. The number of amides is 1. The molecule has 1 amide bonds. The van der Waals surface area contributed by atoms with E-state index >= 15 is 0 Å². The molecule has 2 heterocycles. The fourth-order valence-corrected chi connectivity index (χ4v) is 3.52. The van der Waals surface area contributed by atoms with Crippen molar-refractivity contribution in [3.8, 4) is 0 Å². The van der Waals surface area contributed by atoms with E-state index in [-0.39, 0.29) is 25.4 Å². The van der Waals surface area contributed by atoms with Gasteiger partial charge in [0.1, 0.15) is 0 Å². The number of hydrogen-bond donors (Lipinski definition) is 2. The van der Waals surface area contributed by atoms with Gasteiger partial charge in [-0.2, -0.15) is 0 Å². The first kappa shape index (κ1) is 15.5. The Morgan fingerprint density at radius 1 is 1.19 bits per heavy atom. The van der Waals surface area contributed by atoms with Crippen molar-refractivity contribution in [3.63, 3.8) is 0 Å². The highest BCUT2D eigenvalue weighted by Gasteiger charge is 2.40. The lowest BCUT2D eigenvalue weighted by atomic mass is 9.85. The molecule has 2 atom stereocenters. The zero-order valence-corrected chi connectivity index (χ0v) is 12.6. The smallest absolute Gasteiger partial charge is 0.309 e. The summed E-state index contributed by atoms with van der Waals surface area (Å²) in [5.41, 5.74) is 1.03. The maximum Gasteiger partial charge on any atom is 0.309 e. The van der Waals surface area contributed by atoms with Crippen molar-refractivity contribution in [1.29, 1.82) is 0 Å². The van der Waals surface area contributed by atoms with Crippen molar-refractivity contribution in [3.05, 3.63) is 21.4 Å². The standard InChI is InChI=1S/C14H17NO5S/c1-7-5-11(21-8(7)2)12(16)15-4-3-9(13(17)18)10(6-15)14(19)20/h5,9-10H,3-4,6H2,1-2H3,(H,17,18)(H,19,20). The first-order chi connectivity index (χ1) is 9.81. The quantitative estimate of drug-likeness (QED) is 0.884. The zero-order chi connectivity index (χ0) is 15.7. The third-order valence-corrected chi connectivity index (χ3v) is 5.05. The predicted octanol–water partition coefficient (Wildman–Crippen LogP) is 1.61. The number of carbonyl (C=O) groups excluding carboxylic acids is 1. The molecule has 1 aliphatic heterocycles. The normalized spacial score (nSPS) is 22.1. The van der Waals surface area contributed by atoms with E-state index in [0.717, 1.165) is 10.4 Å². The van der Waals surface area contributed by atoms with Crippen molar-refractivity contribution in [1.82, 2.24) is 4.90 Å². The summed E-state index contributed by atoms with van der Waals surface area (Å²) in [6.45, 7) is 4.06. The Kier molecular flexibility index (Phi) is 4.32. The molecule has 6 nitrogen and oxygen atoms in total. The lowest BCUT2D eigenvalue weighted by Crippen LogP contribution is -2.48. The van der Waals surface area contributed by atoms with Gasteiger partial charge in [0.15, 0.2) is 0 Å². The number of thiophene rings is 1. The minimum absolute atomic E-state index is 0.0544. The van der Waals surface area contributed by atoms with Crippen LogP contribution < -0.4 is 0 Å². The van der Waals surface area contributed by atoms with Gasteiger partial charge in [0, 0.05) is 18.0 Å². The molecule has 2 unspecified atom stereocenters. The Labute approximate surface area is 126 Å². The van der Waals surface area contributed by atoms with Crippen LogP contribution in [0.15, 0.2) is 6.07 Å². The van der Waals surface area contributed by atoms with Gasteiger partial charge in [0.25, 0.3) is 5.91 Å². The summed E-state index contributed by atoms with van der Waals surface area (Å²) in [7, 11) is 0. The first-order valence-corrected chi connectivity index (χ1v) is 7.44. The molecule has 0 radical (unpaired) electrons. The lowest BCUT2D eigenvalue weighted by Gasteiger charge is -2.34. The fourth-order valence-electron chi connectivity index (χ4n) is 2.52. The van der Waals surface area contributed by atoms with Crippen molar-refractivity contribution in [2.24, 2.45) is 11.8 Å². The molecule has 2 N–H and O–H groups in total. The Morgan fingerprint density at radius 3 is 2.29 bits per heavy atom. The number of carboxylic acids is 2. The second-order valence-electron chi connectivity index (χ2n) is 5.28. The monoisotopic (exact) mass is 311 g/mol. The lowest BCUT2D eigenvalue weighted by molar-refractivity contribution is -0.156. The summed E-state index contributed by atoms with van der Waals surface area (Å²) in [5, 5.41) is 18.3. The maximum atomic E-state index is 12.4. The predicted molar refractivity (Wildman–Crippen MR) is 76.6 cm³/mol. The Balaban J connectivity index is 2.17. The number of carboxylic acid groups (broad SMARTS) is 2. The van der Waals surface area contributed by atoms with Crippen molar-refractivity contribution in [2.45, 2.75) is 20.3 Å².